The van der Waals surface area contributed by atoms with Gasteiger partial charge in [0.25, 0.3) is 0 Å². The van der Waals surface area contributed by atoms with E-state index in [1.165, 1.54) is 6.20 Å². The zero-order valence-corrected chi connectivity index (χ0v) is 25.5. The summed E-state index contributed by atoms with van der Waals surface area (Å²) in [4.78, 5) is 13.9. The number of hydrogen-bond donors (Lipinski definition) is 4. The summed E-state index contributed by atoms with van der Waals surface area (Å²) in [5, 5.41) is 21.2. The Balaban J connectivity index is 1.35. The highest BCUT2D eigenvalue weighted by Gasteiger charge is 2.27. The highest BCUT2D eigenvalue weighted by molar-refractivity contribution is 7.70. The van der Waals surface area contributed by atoms with E-state index in [-0.39, 0.29) is 6.61 Å². The van der Waals surface area contributed by atoms with Gasteiger partial charge >= 0.3 is 0 Å². The van der Waals surface area contributed by atoms with E-state index in [0.29, 0.717) is 45.3 Å². The number of anilines is 5. The van der Waals surface area contributed by atoms with E-state index in [9.17, 15) is 9.67 Å². The van der Waals surface area contributed by atoms with Crippen LogP contribution in [0.3, 0.4) is 0 Å². The Labute approximate surface area is 246 Å². The van der Waals surface area contributed by atoms with E-state index in [4.69, 9.17) is 16.3 Å². The number of halogens is 1. The molecule has 2 aromatic carbocycles. The van der Waals surface area contributed by atoms with Crippen LogP contribution in [0.5, 0.6) is 5.75 Å². The molecule has 3 heterocycles. The quantitative estimate of drug-likeness (QED) is 0.266. The van der Waals surface area contributed by atoms with Crippen molar-refractivity contribution in [3.63, 3.8) is 0 Å². The second-order valence-electron chi connectivity index (χ2n) is 10.9. The first-order valence-corrected chi connectivity index (χ1v) is 17.0. The summed E-state index contributed by atoms with van der Waals surface area (Å²) in [6, 6.07) is 11.9. The first-order valence-electron chi connectivity index (χ1n) is 14.0. The molecule has 0 saturated carbocycles. The standard InChI is InChI=1S/C29H39ClN7O3P/c1-40-26-17-25(37-12-8-21(9-13-37)36-14-10-31-11-15-36)20(19-38)16-24(26)34-29-32-18-22(30)28(35-29)33-23-6-4-5-7-27(23)41(2,3)39/h4-7,16-18,21,31,38H,8-15,19H2,1-3H3,(H2,32,33,34,35). The molecule has 12 heteroatoms. The molecule has 41 heavy (non-hydrogen) atoms. The summed E-state index contributed by atoms with van der Waals surface area (Å²) in [5.74, 6) is 1.31. The van der Waals surface area contributed by atoms with Gasteiger partial charge in [0.15, 0.2) is 5.82 Å². The molecule has 220 valence electrons. The monoisotopic (exact) mass is 599 g/mol. The molecule has 2 aliphatic rings. The summed E-state index contributed by atoms with van der Waals surface area (Å²) in [6.45, 7) is 9.53. The second kappa shape index (κ2) is 13.0. The molecule has 2 saturated heterocycles. The molecular formula is C29H39ClN7O3P. The second-order valence-corrected chi connectivity index (χ2v) is 14.4. The number of nitrogens with one attached hydrogen (secondary N) is 3. The molecule has 5 rings (SSSR count). The third-order valence-corrected chi connectivity index (χ3v) is 9.60. The number of ether oxygens (including phenoxy) is 1. The largest absolute Gasteiger partial charge is 0.494 e. The molecule has 2 fully saturated rings. The lowest BCUT2D eigenvalue weighted by atomic mass is 10.0. The molecule has 4 N–H and O–H groups in total. The number of benzene rings is 2. The molecule has 0 atom stereocenters. The minimum Gasteiger partial charge on any atom is -0.494 e. The van der Waals surface area contributed by atoms with Crippen molar-refractivity contribution in [2.75, 3.05) is 75.2 Å². The summed E-state index contributed by atoms with van der Waals surface area (Å²) < 4.78 is 18.6. The van der Waals surface area contributed by atoms with E-state index >= 15 is 0 Å². The van der Waals surface area contributed by atoms with Crippen LogP contribution >= 0.6 is 18.7 Å². The summed E-state index contributed by atoms with van der Waals surface area (Å²) in [5.41, 5.74) is 3.10. The Morgan fingerprint density at radius 1 is 1.10 bits per heavy atom. The molecule has 0 spiro atoms. The van der Waals surface area contributed by atoms with Gasteiger partial charge in [0.1, 0.15) is 17.9 Å². The zero-order chi connectivity index (χ0) is 29.0. The van der Waals surface area contributed by atoms with Crippen molar-refractivity contribution in [2.45, 2.75) is 25.5 Å². The normalized spacial score (nSPS) is 17.0. The SMILES string of the molecule is COc1cc(N2CCC(N3CCNCC3)CC2)c(CO)cc1Nc1ncc(Cl)c(Nc2ccccc2P(C)(C)=O)n1. The van der Waals surface area contributed by atoms with Crippen molar-refractivity contribution >= 4 is 52.9 Å². The molecular weight excluding hydrogens is 561 g/mol. The average molecular weight is 600 g/mol. The smallest absolute Gasteiger partial charge is 0.229 e. The van der Waals surface area contributed by atoms with Gasteiger partial charge in [-0.25, -0.2) is 4.98 Å². The van der Waals surface area contributed by atoms with Crippen molar-refractivity contribution in [3.05, 3.63) is 53.2 Å². The van der Waals surface area contributed by atoms with Gasteiger partial charge in [-0.15, -0.1) is 0 Å². The molecule has 0 aliphatic carbocycles. The van der Waals surface area contributed by atoms with Crippen LogP contribution < -0.4 is 30.9 Å². The molecule has 0 unspecified atom stereocenters. The van der Waals surface area contributed by atoms with Crippen molar-refractivity contribution in [3.8, 4) is 5.75 Å². The lowest BCUT2D eigenvalue weighted by Crippen LogP contribution is -2.52. The maximum absolute atomic E-state index is 12.8. The van der Waals surface area contributed by atoms with Crippen molar-refractivity contribution < 1.29 is 14.4 Å². The summed E-state index contributed by atoms with van der Waals surface area (Å²) in [7, 11) is -0.911. The maximum Gasteiger partial charge on any atom is 0.229 e. The number of para-hydroxylation sites is 1. The number of methoxy groups -OCH3 is 1. The molecule has 2 aliphatic heterocycles. The predicted molar refractivity (Wildman–Crippen MR) is 168 cm³/mol. The van der Waals surface area contributed by atoms with Gasteiger partial charge < -0.3 is 35.3 Å². The Morgan fingerprint density at radius 3 is 2.51 bits per heavy atom. The molecule has 3 aromatic rings. The van der Waals surface area contributed by atoms with Crippen LogP contribution in [0.2, 0.25) is 5.02 Å². The van der Waals surface area contributed by atoms with Gasteiger partial charge in [0.2, 0.25) is 5.95 Å². The predicted octanol–water partition coefficient (Wildman–Crippen LogP) is 4.24. The van der Waals surface area contributed by atoms with Crippen LogP contribution in [0.25, 0.3) is 0 Å². The first-order chi connectivity index (χ1) is 19.8. The van der Waals surface area contributed by atoms with E-state index in [1.807, 2.05) is 36.4 Å². The van der Waals surface area contributed by atoms with Crippen LogP contribution in [0.4, 0.5) is 28.8 Å². The van der Waals surface area contributed by atoms with Crippen molar-refractivity contribution in [1.29, 1.82) is 0 Å². The Hall–Kier alpha value is -2.88. The average Bonchev–Trinajstić information content (AvgIpc) is 2.99. The van der Waals surface area contributed by atoms with Crippen LogP contribution in [-0.4, -0.2) is 85.7 Å². The highest BCUT2D eigenvalue weighted by Crippen LogP contribution is 2.39. The number of nitrogens with zero attached hydrogens (tertiary/aromatic N) is 4. The Morgan fingerprint density at radius 2 is 1.83 bits per heavy atom. The minimum absolute atomic E-state index is 0.106. The van der Waals surface area contributed by atoms with Crippen LogP contribution in [-0.2, 0) is 11.2 Å². The maximum atomic E-state index is 12.8. The van der Waals surface area contributed by atoms with Gasteiger partial charge in [-0.3, -0.25) is 4.90 Å². The van der Waals surface area contributed by atoms with Crippen LogP contribution in [0.15, 0.2) is 42.6 Å². The molecule has 10 nitrogen and oxygen atoms in total. The van der Waals surface area contributed by atoms with E-state index in [1.54, 1.807) is 20.4 Å². The van der Waals surface area contributed by atoms with Gasteiger partial charge in [-0.05, 0) is 44.4 Å². The number of aromatic nitrogens is 2. The van der Waals surface area contributed by atoms with Gasteiger partial charge in [-0.1, -0.05) is 23.7 Å². The zero-order valence-electron chi connectivity index (χ0n) is 23.9. The fraction of sp³-hybridized carbons (Fsp3) is 0.448. The highest BCUT2D eigenvalue weighted by atomic mass is 35.5. The van der Waals surface area contributed by atoms with Crippen LogP contribution in [0.1, 0.15) is 18.4 Å². The molecule has 0 bridgehead atoms. The Kier molecular flexibility index (Phi) is 9.36. The molecule has 0 amide bonds. The lowest BCUT2D eigenvalue weighted by Gasteiger charge is -2.41. The number of aliphatic hydroxyl groups excluding tert-OH is 1. The lowest BCUT2D eigenvalue weighted by molar-refractivity contribution is 0.150. The van der Waals surface area contributed by atoms with Crippen LogP contribution in [0, 0.1) is 0 Å². The first kappa shape index (κ1) is 29.6. The number of piperazine rings is 1. The minimum atomic E-state index is -2.54. The van der Waals surface area contributed by atoms with E-state index in [2.05, 4.69) is 35.7 Å². The topological polar surface area (TPSA) is 115 Å². The van der Waals surface area contributed by atoms with Gasteiger partial charge in [0.05, 0.1) is 31.3 Å². The number of hydrogen-bond acceptors (Lipinski definition) is 10. The fourth-order valence-corrected chi connectivity index (χ4v) is 6.93. The number of piperidine rings is 1. The van der Waals surface area contributed by atoms with Gasteiger partial charge in [-0.2, -0.15) is 4.98 Å². The third kappa shape index (κ3) is 6.96. The summed E-state index contributed by atoms with van der Waals surface area (Å²) >= 11 is 6.43. The number of rotatable bonds is 9. The Bertz CT molecular complexity index is 1410. The van der Waals surface area contributed by atoms with Crippen molar-refractivity contribution in [1.82, 2.24) is 20.2 Å². The molecule has 1 aromatic heterocycles. The molecule has 0 radical (unpaired) electrons. The van der Waals surface area contributed by atoms with Crippen molar-refractivity contribution in [2.24, 2.45) is 0 Å². The van der Waals surface area contributed by atoms with E-state index < -0.39 is 7.14 Å². The summed E-state index contributed by atoms with van der Waals surface area (Å²) in [6.07, 6.45) is 3.70. The van der Waals surface area contributed by atoms with E-state index in [0.717, 1.165) is 63.4 Å². The van der Waals surface area contributed by atoms with Gasteiger partial charge in [0, 0.05) is 67.9 Å². The number of aliphatic hydroxyl groups is 1. The third-order valence-electron chi connectivity index (χ3n) is 7.77. The fourth-order valence-electron chi connectivity index (χ4n) is 5.63.